The normalized spacial score (nSPS) is 22.6. The molecule has 0 bridgehead atoms. The summed E-state index contributed by atoms with van der Waals surface area (Å²) >= 11 is 0. The summed E-state index contributed by atoms with van der Waals surface area (Å²) in [6, 6.07) is 6.29. The maximum absolute atomic E-state index is 12.3. The average Bonchev–Trinajstić information content (AvgIpc) is 3.14. The van der Waals surface area contributed by atoms with Crippen LogP contribution in [-0.2, 0) is 15.0 Å². The number of carbonyl (C=O) groups is 2. The fourth-order valence-corrected chi connectivity index (χ4v) is 5.13. The average molecular weight is 459 g/mol. The number of nitrogens with two attached hydrogens (primary N) is 1. The van der Waals surface area contributed by atoms with Crippen molar-refractivity contribution >= 4 is 40.1 Å². The van der Waals surface area contributed by atoms with Crippen molar-refractivity contribution in [2.24, 2.45) is 17.6 Å². The minimum atomic E-state index is -3.85. The van der Waals surface area contributed by atoms with Crippen molar-refractivity contribution in [3.63, 3.8) is 0 Å². The molecule has 0 radical (unpaired) electrons. The third-order valence-corrected chi connectivity index (χ3v) is 7.56. The minimum absolute atomic E-state index is 0. The third-order valence-electron chi connectivity index (χ3n) is 6.16. The zero-order valence-corrected chi connectivity index (χ0v) is 19.0. The van der Waals surface area contributed by atoms with Crippen LogP contribution in [0.1, 0.15) is 48.9 Å². The zero-order valence-electron chi connectivity index (χ0n) is 17.4. The van der Waals surface area contributed by atoms with E-state index in [1.165, 1.54) is 33.4 Å². The molecule has 2 atom stereocenters. The van der Waals surface area contributed by atoms with E-state index in [-0.39, 0.29) is 35.8 Å². The second-order valence-electron chi connectivity index (χ2n) is 8.16. The number of halogens is 1. The molecule has 30 heavy (non-hydrogen) atoms. The molecule has 2 amide bonds. The Bertz CT molecular complexity index is 854. The molecule has 1 aromatic rings. The van der Waals surface area contributed by atoms with Gasteiger partial charge in [0.1, 0.15) is 6.04 Å². The first kappa shape index (κ1) is 24.4. The van der Waals surface area contributed by atoms with E-state index in [0.29, 0.717) is 5.92 Å². The van der Waals surface area contributed by atoms with Gasteiger partial charge in [-0.15, -0.1) is 12.4 Å². The van der Waals surface area contributed by atoms with E-state index >= 15 is 0 Å². The lowest BCUT2D eigenvalue weighted by molar-refractivity contribution is -0.120. The van der Waals surface area contributed by atoms with Crippen molar-refractivity contribution in [1.82, 2.24) is 9.03 Å². The Labute approximate surface area is 184 Å². The van der Waals surface area contributed by atoms with E-state index in [2.05, 4.69) is 0 Å². The third kappa shape index (κ3) is 5.25. The lowest BCUT2D eigenvalue weighted by atomic mass is 9.76. The molecule has 1 heterocycles. The van der Waals surface area contributed by atoms with Crippen LogP contribution in [0.3, 0.4) is 0 Å². The summed E-state index contributed by atoms with van der Waals surface area (Å²) in [5.74, 6) is -0.205. The van der Waals surface area contributed by atoms with E-state index < -0.39 is 16.1 Å². The lowest BCUT2D eigenvalue weighted by Crippen LogP contribution is -2.46. The second-order valence-corrected chi connectivity index (χ2v) is 10.0. The Morgan fingerprint density at radius 2 is 1.67 bits per heavy atom. The molecule has 0 unspecified atom stereocenters. The van der Waals surface area contributed by atoms with Crippen molar-refractivity contribution in [3.05, 3.63) is 29.8 Å². The lowest BCUT2D eigenvalue weighted by Gasteiger charge is -2.33. The topological polar surface area (TPSA) is 113 Å². The van der Waals surface area contributed by atoms with Gasteiger partial charge in [0.2, 0.25) is 5.91 Å². The predicted octanol–water partition coefficient (Wildman–Crippen LogP) is 1.91. The van der Waals surface area contributed by atoms with Gasteiger partial charge in [-0.05, 0) is 42.5 Å². The second kappa shape index (κ2) is 9.98. The maximum atomic E-state index is 12.3. The van der Waals surface area contributed by atoms with Crippen LogP contribution in [0.4, 0.5) is 5.69 Å². The first-order chi connectivity index (χ1) is 13.7. The number of nitrogens with zero attached hydrogens (tertiary/aromatic N) is 2. The Balaban J connectivity index is 0.00000320. The van der Waals surface area contributed by atoms with Crippen molar-refractivity contribution in [1.29, 1.82) is 0 Å². The first-order valence-electron chi connectivity index (χ1n) is 10.1. The first-order valence-corrected chi connectivity index (χ1v) is 11.6. The Morgan fingerprint density at radius 3 is 2.20 bits per heavy atom. The number of primary amides is 1. The van der Waals surface area contributed by atoms with Crippen LogP contribution in [0.15, 0.2) is 24.3 Å². The highest BCUT2D eigenvalue weighted by Crippen LogP contribution is 2.40. The molecule has 2 aliphatic rings. The molecule has 1 aliphatic heterocycles. The molecule has 1 aromatic carbocycles. The van der Waals surface area contributed by atoms with Crippen LogP contribution in [0.25, 0.3) is 0 Å². The van der Waals surface area contributed by atoms with Gasteiger partial charge in [0.25, 0.3) is 5.91 Å². The van der Waals surface area contributed by atoms with Gasteiger partial charge in [0.15, 0.2) is 0 Å². The molecule has 1 saturated carbocycles. The van der Waals surface area contributed by atoms with Crippen LogP contribution in [0.5, 0.6) is 0 Å². The maximum Gasteiger partial charge on any atom is 0.303 e. The zero-order chi connectivity index (χ0) is 21.2. The van der Waals surface area contributed by atoms with E-state index in [4.69, 9.17) is 5.73 Å². The molecule has 3 N–H and O–H groups in total. The summed E-state index contributed by atoms with van der Waals surface area (Å²) in [7, 11) is -1.16. The number of hydrogen-bond donors (Lipinski definition) is 2. The van der Waals surface area contributed by atoms with Crippen molar-refractivity contribution in [2.75, 3.05) is 25.5 Å². The number of benzene rings is 1. The number of carbonyl (C=O) groups excluding carboxylic acids is 2. The summed E-state index contributed by atoms with van der Waals surface area (Å²) in [6.07, 6.45) is 6.94. The number of amides is 2. The van der Waals surface area contributed by atoms with Gasteiger partial charge in [0.05, 0.1) is 0 Å². The van der Waals surface area contributed by atoms with Crippen molar-refractivity contribution in [2.45, 2.75) is 44.6 Å². The molecule has 10 heteroatoms. The number of anilines is 1. The summed E-state index contributed by atoms with van der Waals surface area (Å²) in [4.78, 5) is 26.5. The van der Waals surface area contributed by atoms with E-state index in [9.17, 15) is 18.0 Å². The molecule has 1 saturated heterocycles. The largest absolute Gasteiger partial charge is 0.368 e. The van der Waals surface area contributed by atoms with Crippen LogP contribution in [-0.4, -0.2) is 51.2 Å². The van der Waals surface area contributed by atoms with Gasteiger partial charge in [-0.2, -0.15) is 12.7 Å². The molecule has 0 aromatic heterocycles. The highest BCUT2D eigenvalue weighted by atomic mass is 35.5. The van der Waals surface area contributed by atoms with Crippen LogP contribution >= 0.6 is 12.4 Å². The molecule has 2 fully saturated rings. The summed E-state index contributed by atoms with van der Waals surface area (Å²) in [5, 5.41) is 0. The van der Waals surface area contributed by atoms with Crippen LogP contribution in [0, 0.1) is 11.8 Å². The predicted molar refractivity (Wildman–Crippen MR) is 119 cm³/mol. The fraction of sp³-hybridized carbons (Fsp3) is 0.600. The highest BCUT2D eigenvalue weighted by Gasteiger charge is 2.42. The van der Waals surface area contributed by atoms with Crippen LogP contribution in [0.2, 0.25) is 0 Å². The molecule has 168 valence electrons. The fourth-order valence-electron chi connectivity index (χ4n) is 4.60. The van der Waals surface area contributed by atoms with E-state index in [1.807, 2.05) is 9.62 Å². The molecular weight excluding hydrogens is 428 g/mol. The molecule has 8 nitrogen and oxygen atoms in total. The number of nitrogens with one attached hydrogen (secondary N) is 1. The van der Waals surface area contributed by atoms with Crippen molar-refractivity contribution in [3.8, 4) is 0 Å². The highest BCUT2D eigenvalue weighted by molar-refractivity contribution is 7.87. The molecule has 0 spiro atoms. The van der Waals surface area contributed by atoms with Gasteiger partial charge < -0.3 is 10.6 Å². The smallest absolute Gasteiger partial charge is 0.303 e. The number of hydrogen-bond acceptors (Lipinski definition) is 5. The Kier molecular flexibility index (Phi) is 8.13. The standard InChI is InChI=1S/C20H30N4O4S.ClH/c1-23(2)29(27,28)22-20(26)15-8-10-16(11-9-15)24-13-12-17(18(24)19(21)25)14-6-4-3-5-7-14;/h8-11,14,17-18H,3-7,12-13H2,1-2H3,(H2,21,25)(H,22,26);1H/t17-,18-;/m0./s1. The van der Waals surface area contributed by atoms with Gasteiger partial charge in [-0.3, -0.25) is 9.59 Å². The summed E-state index contributed by atoms with van der Waals surface area (Å²) in [6.45, 7) is 0.745. The minimum Gasteiger partial charge on any atom is -0.368 e. The van der Waals surface area contributed by atoms with Crippen molar-refractivity contribution < 1.29 is 18.0 Å². The van der Waals surface area contributed by atoms with Crippen LogP contribution < -0.4 is 15.4 Å². The quantitative estimate of drug-likeness (QED) is 0.676. The monoisotopic (exact) mass is 458 g/mol. The summed E-state index contributed by atoms with van der Waals surface area (Å²) in [5.41, 5.74) is 6.84. The number of rotatable bonds is 6. The van der Waals surface area contributed by atoms with E-state index in [0.717, 1.165) is 35.8 Å². The molecular formula is C20H31ClN4O4S. The summed E-state index contributed by atoms with van der Waals surface area (Å²) < 4.78 is 26.6. The van der Waals surface area contributed by atoms with Gasteiger partial charge in [-0.1, -0.05) is 32.1 Å². The Hall–Kier alpha value is -1.84. The van der Waals surface area contributed by atoms with Gasteiger partial charge >= 0.3 is 10.2 Å². The SMILES string of the molecule is CN(C)S(=O)(=O)NC(=O)c1ccc(N2CC[C@@H](C3CCCCC3)[C@H]2C(N)=O)cc1.Cl. The van der Waals surface area contributed by atoms with E-state index in [1.54, 1.807) is 24.3 Å². The van der Waals surface area contributed by atoms with Gasteiger partial charge in [-0.25, -0.2) is 4.72 Å². The Morgan fingerprint density at radius 1 is 1.07 bits per heavy atom. The van der Waals surface area contributed by atoms with Gasteiger partial charge in [0, 0.05) is 31.9 Å². The molecule has 3 rings (SSSR count). The molecule has 1 aliphatic carbocycles.